The summed E-state index contributed by atoms with van der Waals surface area (Å²) in [5.41, 5.74) is 10.0. The average Bonchev–Trinajstić information content (AvgIpc) is 2.92. The van der Waals surface area contributed by atoms with Gasteiger partial charge in [-0.2, -0.15) is 9.50 Å². The van der Waals surface area contributed by atoms with Gasteiger partial charge < -0.3 is 5.73 Å². The zero-order valence-corrected chi connectivity index (χ0v) is 14.8. The lowest BCUT2D eigenvalue weighted by molar-refractivity contribution is 0.242. The lowest BCUT2D eigenvalue weighted by Crippen LogP contribution is -2.31. The number of nitrogen functional groups attached to an aromatic ring is 1. The molecular weight excluding hydrogens is 372 g/mol. The van der Waals surface area contributed by atoms with E-state index in [1.54, 1.807) is 0 Å². The van der Waals surface area contributed by atoms with Crippen LogP contribution in [0.1, 0.15) is 22.4 Å². The summed E-state index contributed by atoms with van der Waals surface area (Å²) in [6.45, 7) is 4.48. The smallest absolute Gasteiger partial charge is 0.274 e. The van der Waals surface area contributed by atoms with Crippen LogP contribution < -0.4 is 11.3 Å². The zero-order valence-electron chi connectivity index (χ0n) is 13.2. The van der Waals surface area contributed by atoms with Gasteiger partial charge in [-0.25, -0.2) is 4.98 Å². The fourth-order valence-electron chi connectivity index (χ4n) is 3.15. The molecule has 1 aromatic carbocycles. The molecule has 124 valence electrons. The number of fused-ring (bicyclic) bond motifs is 2. The van der Waals surface area contributed by atoms with Gasteiger partial charge in [-0.3, -0.25) is 14.8 Å². The molecule has 0 saturated carbocycles. The molecule has 3 heterocycles. The molecule has 0 atom stereocenters. The van der Waals surface area contributed by atoms with Crippen molar-refractivity contribution in [2.45, 2.75) is 26.4 Å². The largest absolute Gasteiger partial charge is 0.368 e. The SMILES string of the molecule is Cc1ccc2c(c1Br)CN(Cc1cc(=O)n3[nH]c(N)nc3n1)CC2. The van der Waals surface area contributed by atoms with Crippen LogP contribution >= 0.6 is 15.9 Å². The highest BCUT2D eigenvalue weighted by atomic mass is 79.9. The van der Waals surface area contributed by atoms with E-state index in [0.29, 0.717) is 18.0 Å². The second-order valence-corrected chi connectivity index (χ2v) is 6.92. The number of H-pyrrole nitrogens is 1. The third-order valence-electron chi connectivity index (χ3n) is 4.40. The monoisotopic (exact) mass is 388 g/mol. The van der Waals surface area contributed by atoms with Gasteiger partial charge in [0.05, 0.1) is 5.69 Å². The highest BCUT2D eigenvalue weighted by molar-refractivity contribution is 9.10. The number of nitrogens with two attached hydrogens (primary N) is 1. The standard InChI is InChI=1S/C16H17BrN6O/c1-9-2-3-10-4-5-22(8-12(10)14(9)17)7-11-6-13(24)23-16(19-11)20-15(18)21-23/h2-3,6H,4-5,7-8H2,1H3,(H3,18,19,20,21). The summed E-state index contributed by atoms with van der Waals surface area (Å²) in [7, 11) is 0. The molecule has 8 heteroatoms. The van der Waals surface area contributed by atoms with Crippen LogP contribution in [0.2, 0.25) is 0 Å². The highest BCUT2D eigenvalue weighted by Gasteiger charge is 2.20. The Labute approximate surface area is 146 Å². The van der Waals surface area contributed by atoms with Gasteiger partial charge in [0.25, 0.3) is 11.3 Å². The highest BCUT2D eigenvalue weighted by Crippen LogP contribution is 2.29. The second-order valence-electron chi connectivity index (χ2n) is 6.12. The van der Waals surface area contributed by atoms with Gasteiger partial charge in [0.15, 0.2) is 0 Å². The zero-order chi connectivity index (χ0) is 16.8. The fourth-order valence-corrected chi connectivity index (χ4v) is 3.67. The minimum Gasteiger partial charge on any atom is -0.368 e. The van der Waals surface area contributed by atoms with Gasteiger partial charge in [-0.05, 0) is 30.0 Å². The summed E-state index contributed by atoms with van der Waals surface area (Å²) >= 11 is 3.70. The van der Waals surface area contributed by atoms with Gasteiger partial charge in [-0.1, -0.05) is 28.1 Å². The van der Waals surface area contributed by atoms with Crippen molar-refractivity contribution in [2.75, 3.05) is 12.3 Å². The number of hydrogen-bond acceptors (Lipinski definition) is 5. The molecule has 3 N–H and O–H groups in total. The molecule has 0 aliphatic carbocycles. The third-order valence-corrected chi connectivity index (χ3v) is 5.50. The molecule has 0 fully saturated rings. The molecule has 24 heavy (non-hydrogen) atoms. The molecule has 0 unspecified atom stereocenters. The predicted octanol–water partition coefficient (Wildman–Crippen LogP) is 1.63. The van der Waals surface area contributed by atoms with E-state index < -0.39 is 0 Å². The summed E-state index contributed by atoms with van der Waals surface area (Å²) in [5.74, 6) is 0.493. The Bertz CT molecular complexity index is 992. The molecule has 0 saturated heterocycles. The van der Waals surface area contributed by atoms with Crippen LogP contribution in [-0.2, 0) is 19.5 Å². The van der Waals surface area contributed by atoms with Crippen LogP contribution in [-0.4, -0.2) is 31.0 Å². The number of nitrogens with one attached hydrogen (secondary N) is 1. The molecule has 0 amide bonds. The van der Waals surface area contributed by atoms with Crippen molar-refractivity contribution in [1.82, 2.24) is 24.5 Å². The molecule has 3 aromatic rings. The Morgan fingerprint density at radius 3 is 3.04 bits per heavy atom. The Morgan fingerprint density at radius 1 is 1.38 bits per heavy atom. The Balaban J connectivity index is 1.62. The van der Waals surface area contributed by atoms with Gasteiger partial charge in [0, 0.05) is 30.2 Å². The van der Waals surface area contributed by atoms with Crippen molar-refractivity contribution in [3.8, 4) is 0 Å². The molecule has 2 aromatic heterocycles. The lowest BCUT2D eigenvalue weighted by atomic mass is 9.97. The van der Waals surface area contributed by atoms with Crippen molar-refractivity contribution in [1.29, 1.82) is 0 Å². The van der Waals surface area contributed by atoms with Crippen LogP contribution in [0.4, 0.5) is 5.95 Å². The average molecular weight is 389 g/mol. The predicted molar refractivity (Wildman–Crippen MR) is 94.7 cm³/mol. The van der Waals surface area contributed by atoms with Crippen LogP contribution in [0.5, 0.6) is 0 Å². The number of aryl methyl sites for hydroxylation is 1. The number of aromatic amines is 1. The second kappa shape index (κ2) is 5.71. The van der Waals surface area contributed by atoms with Crippen molar-refractivity contribution in [2.24, 2.45) is 0 Å². The maximum absolute atomic E-state index is 12.1. The quantitative estimate of drug-likeness (QED) is 0.695. The number of rotatable bonds is 2. The van der Waals surface area contributed by atoms with Crippen LogP contribution in [0.25, 0.3) is 5.78 Å². The summed E-state index contributed by atoms with van der Waals surface area (Å²) in [6, 6.07) is 5.89. The molecule has 0 radical (unpaired) electrons. The number of benzene rings is 1. The van der Waals surface area contributed by atoms with Crippen molar-refractivity contribution < 1.29 is 0 Å². The Morgan fingerprint density at radius 2 is 2.21 bits per heavy atom. The first-order valence-corrected chi connectivity index (χ1v) is 8.54. The van der Waals surface area contributed by atoms with Crippen molar-refractivity contribution >= 4 is 27.7 Å². The lowest BCUT2D eigenvalue weighted by Gasteiger charge is -2.29. The van der Waals surface area contributed by atoms with E-state index in [1.807, 2.05) is 0 Å². The molecule has 0 bridgehead atoms. The maximum atomic E-state index is 12.1. The molecule has 4 rings (SSSR count). The molecule has 7 nitrogen and oxygen atoms in total. The van der Waals surface area contributed by atoms with Crippen LogP contribution in [0, 0.1) is 6.92 Å². The number of aromatic nitrogens is 4. The van der Waals surface area contributed by atoms with E-state index in [2.05, 4.69) is 55.0 Å². The van der Waals surface area contributed by atoms with E-state index in [4.69, 9.17) is 5.73 Å². The summed E-state index contributed by atoms with van der Waals surface area (Å²) in [4.78, 5) is 22.9. The summed E-state index contributed by atoms with van der Waals surface area (Å²) in [6.07, 6.45) is 0.991. The number of halogens is 1. The van der Waals surface area contributed by atoms with Crippen molar-refractivity contribution in [3.05, 3.63) is 55.4 Å². The van der Waals surface area contributed by atoms with Gasteiger partial charge >= 0.3 is 0 Å². The van der Waals surface area contributed by atoms with Gasteiger partial charge in [0.1, 0.15) is 0 Å². The van der Waals surface area contributed by atoms with E-state index in [-0.39, 0.29) is 11.5 Å². The third kappa shape index (κ3) is 2.61. The van der Waals surface area contributed by atoms with E-state index in [1.165, 1.54) is 31.7 Å². The fraction of sp³-hybridized carbons (Fsp3) is 0.312. The summed E-state index contributed by atoms with van der Waals surface area (Å²) in [5, 5.41) is 2.67. The van der Waals surface area contributed by atoms with Gasteiger partial charge in [0.2, 0.25) is 5.95 Å². The first-order valence-electron chi connectivity index (χ1n) is 7.74. The Hall–Kier alpha value is -2.19. The minimum absolute atomic E-state index is 0.183. The maximum Gasteiger partial charge on any atom is 0.274 e. The first kappa shape index (κ1) is 15.3. The first-order chi connectivity index (χ1) is 11.5. The van der Waals surface area contributed by atoms with Crippen molar-refractivity contribution in [3.63, 3.8) is 0 Å². The molecule has 0 spiro atoms. The van der Waals surface area contributed by atoms with Gasteiger partial charge in [-0.15, -0.1) is 0 Å². The van der Waals surface area contributed by atoms with E-state index >= 15 is 0 Å². The number of nitrogens with zero attached hydrogens (tertiary/aromatic N) is 4. The number of anilines is 1. The van der Waals surface area contributed by atoms with E-state index in [0.717, 1.165) is 19.5 Å². The Kier molecular flexibility index (Phi) is 3.65. The van der Waals surface area contributed by atoms with Crippen LogP contribution in [0.15, 0.2) is 27.5 Å². The molecule has 1 aliphatic heterocycles. The topological polar surface area (TPSA) is 92.3 Å². The van der Waals surface area contributed by atoms with Crippen LogP contribution in [0.3, 0.4) is 0 Å². The molecular formula is C16H17BrN6O. The minimum atomic E-state index is -0.200. The van der Waals surface area contributed by atoms with E-state index in [9.17, 15) is 4.79 Å². The molecule has 1 aliphatic rings. The normalized spacial score (nSPS) is 14.9. The number of hydrogen-bond donors (Lipinski definition) is 2. The summed E-state index contributed by atoms with van der Waals surface area (Å²) < 4.78 is 2.43.